The summed E-state index contributed by atoms with van der Waals surface area (Å²) < 4.78 is 37.4. The van der Waals surface area contributed by atoms with Crippen molar-refractivity contribution < 1.29 is 28.1 Å². The van der Waals surface area contributed by atoms with Crippen LogP contribution < -0.4 is 18.9 Å². The minimum Gasteiger partial charge on any atom is -0.490 e. The van der Waals surface area contributed by atoms with E-state index in [9.17, 15) is 9.18 Å². The maximum absolute atomic E-state index is 14.0. The molecule has 202 valence electrons. The molecule has 1 amide bonds. The van der Waals surface area contributed by atoms with Crippen LogP contribution in [0.1, 0.15) is 60.8 Å². The topological polar surface area (TPSA) is 57.2 Å². The number of rotatable bonds is 11. The molecule has 1 aliphatic heterocycles. The van der Waals surface area contributed by atoms with Crippen molar-refractivity contribution in [1.29, 1.82) is 0 Å². The van der Waals surface area contributed by atoms with E-state index in [0.717, 1.165) is 16.7 Å². The summed E-state index contributed by atoms with van der Waals surface area (Å²) in [4.78, 5) is 15.5. The number of hydrogen-bond donors (Lipinski definition) is 0. The van der Waals surface area contributed by atoms with E-state index >= 15 is 0 Å². The molecule has 0 radical (unpaired) electrons. The Morgan fingerprint density at radius 2 is 1.45 bits per heavy atom. The molecule has 4 rings (SSSR count). The molecule has 6 nitrogen and oxygen atoms in total. The van der Waals surface area contributed by atoms with Gasteiger partial charge in [-0.3, -0.25) is 4.79 Å². The van der Waals surface area contributed by atoms with Gasteiger partial charge in [0, 0.05) is 12.1 Å². The van der Waals surface area contributed by atoms with E-state index in [1.165, 1.54) is 12.1 Å². The summed E-state index contributed by atoms with van der Waals surface area (Å²) in [6.45, 7) is 10.3. The second kappa shape index (κ2) is 12.7. The second-order valence-electron chi connectivity index (χ2n) is 8.99. The molecule has 0 saturated carbocycles. The van der Waals surface area contributed by atoms with Crippen molar-refractivity contribution in [1.82, 2.24) is 4.90 Å². The highest BCUT2D eigenvalue weighted by Crippen LogP contribution is 2.41. The highest BCUT2D eigenvalue weighted by Gasteiger charge is 2.33. The summed E-state index contributed by atoms with van der Waals surface area (Å²) in [7, 11) is 0. The van der Waals surface area contributed by atoms with E-state index in [1.54, 1.807) is 12.1 Å². The third-order valence-electron chi connectivity index (χ3n) is 6.53. The Bertz CT molecular complexity index is 1260. The van der Waals surface area contributed by atoms with Crippen LogP contribution in [0.4, 0.5) is 4.39 Å². The van der Waals surface area contributed by atoms with Gasteiger partial charge in [-0.25, -0.2) is 4.39 Å². The summed E-state index contributed by atoms with van der Waals surface area (Å²) >= 11 is 0. The first-order valence-corrected chi connectivity index (χ1v) is 13.4. The van der Waals surface area contributed by atoms with Gasteiger partial charge in [-0.2, -0.15) is 0 Å². The van der Waals surface area contributed by atoms with Gasteiger partial charge in [0.25, 0.3) is 5.91 Å². The van der Waals surface area contributed by atoms with Gasteiger partial charge >= 0.3 is 0 Å². The number of amides is 1. The van der Waals surface area contributed by atoms with Gasteiger partial charge in [0.05, 0.1) is 32.5 Å². The van der Waals surface area contributed by atoms with E-state index in [4.69, 9.17) is 18.9 Å². The van der Waals surface area contributed by atoms with Crippen LogP contribution >= 0.6 is 0 Å². The lowest BCUT2D eigenvalue weighted by Crippen LogP contribution is -2.41. The fourth-order valence-corrected chi connectivity index (χ4v) is 4.94. The average molecular weight is 522 g/mol. The molecule has 38 heavy (non-hydrogen) atoms. The lowest BCUT2D eigenvalue weighted by Gasteiger charge is -2.38. The maximum atomic E-state index is 14.0. The van der Waals surface area contributed by atoms with Gasteiger partial charge in [-0.1, -0.05) is 12.1 Å². The van der Waals surface area contributed by atoms with Gasteiger partial charge in [-0.05, 0) is 99.7 Å². The molecule has 7 heteroatoms. The van der Waals surface area contributed by atoms with Crippen LogP contribution in [0.2, 0.25) is 0 Å². The number of benzene rings is 3. The van der Waals surface area contributed by atoms with Crippen LogP contribution in [0.15, 0.2) is 54.6 Å². The summed E-state index contributed by atoms with van der Waals surface area (Å²) in [6.07, 6.45) is 1.20. The first-order valence-electron chi connectivity index (χ1n) is 13.4. The molecule has 0 saturated heterocycles. The van der Waals surface area contributed by atoms with E-state index in [0.29, 0.717) is 74.4 Å². The number of ether oxygens (including phenoxy) is 4. The third-order valence-corrected chi connectivity index (χ3v) is 6.53. The second-order valence-corrected chi connectivity index (χ2v) is 8.99. The first kappa shape index (κ1) is 27.3. The molecule has 3 aromatic carbocycles. The summed E-state index contributed by atoms with van der Waals surface area (Å²) in [5, 5.41) is 0. The van der Waals surface area contributed by atoms with Gasteiger partial charge in [0.15, 0.2) is 23.0 Å². The fourth-order valence-electron chi connectivity index (χ4n) is 4.94. The first-order chi connectivity index (χ1) is 18.5. The smallest absolute Gasteiger partial charge is 0.254 e. The van der Waals surface area contributed by atoms with Crippen molar-refractivity contribution in [2.75, 3.05) is 33.0 Å². The molecule has 1 heterocycles. The molecule has 1 aliphatic rings. The standard InChI is InChI=1S/C31H36FNO5/c1-5-35-27-13-12-21(17-28(27)36-6-2)16-26-25-20-30(38-8-4)29(37-7-3)19-22(25)14-15-33(26)31(34)23-10-9-11-24(32)18-23/h9-13,17-20,26H,5-8,14-16H2,1-4H3/t26-/m1/s1. The zero-order valence-electron chi connectivity index (χ0n) is 22.6. The van der Waals surface area contributed by atoms with E-state index in [2.05, 4.69) is 0 Å². The molecule has 0 spiro atoms. The maximum Gasteiger partial charge on any atom is 0.254 e. The van der Waals surface area contributed by atoms with E-state index < -0.39 is 5.82 Å². The Labute approximate surface area is 224 Å². The average Bonchev–Trinajstić information content (AvgIpc) is 2.91. The SMILES string of the molecule is CCOc1ccc(C[C@@H]2c3cc(OCC)c(OCC)cc3CCN2C(=O)c2cccc(F)c2)cc1OCC. The Kier molecular flexibility index (Phi) is 9.10. The molecule has 3 aromatic rings. The highest BCUT2D eigenvalue weighted by atomic mass is 19.1. The Balaban J connectivity index is 1.78. The van der Waals surface area contributed by atoms with E-state index in [1.807, 2.05) is 62.9 Å². The van der Waals surface area contributed by atoms with Crippen LogP contribution in [0.25, 0.3) is 0 Å². The van der Waals surface area contributed by atoms with Crippen LogP contribution in [-0.4, -0.2) is 43.8 Å². The van der Waals surface area contributed by atoms with Crippen LogP contribution in [0.3, 0.4) is 0 Å². The van der Waals surface area contributed by atoms with Crippen molar-refractivity contribution in [3.8, 4) is 23.0 Å². The van der Waals surface area contributed by atoms with Crippen molar-refractivity contribution in [3.05, 3.63) is 82.7 Å². The zero-order chi connectivity index (χ0) is 27.1. The summed E-state index contributed by atoms with van der Waals surface area (Å²) in [5.74, 6) is 2.08. The Morgan fingerprint density at radius 1 is 0.816 bits per heavy atom. The number of carbonyl (C=O) groups excluding carboxylic acids is 1. The molecule has 0 aliphatic carbocycles. The van der Waals surface area contributed by atoms with Gasteiger partial charge in [0.1, 0.15) is 5.82 Å². The van der Waals surface area contributed by atoms with Gasteiger partial charge < -0.3 is 23.8 Å². The monoisotopic (exact) mass is 521 g/mol. The summed E-state index contributed by atoms with van der Waals surface area (Å²) in [6, 6.07) is 15.5. The van der Waals surface area contributed by atoms with Crippen molar-refractivity contribution in [2.24, 2.45) is 0 Å². The highest BCUT2D eigenvalue weighted by molar-refractivity contribution is 5.94. The van der Waals surface area contributed by atoms with Crippen molar-refractivity contribution >= 4 is 5.91 Å². The molecule has 1 atom stereocenters. The molecule has 0 unspecified atom stereocenters. The summed E-state index contributed by atoms with van der Waals surface area (Å²) in [5.41, 5.74) is 3.44. The predicted octanol–water partition coefficient (Wildman–Crippen LogP) is 6.40. The number of halogens is 1. The zero-order valence-corrected chi connectivity index (χ0v) is 22.6. The fraction of sp³-hybridized carbons (Fsp3) is 0.387. The molecule has 0 aromatic heterocycles. The van der Waals surface area contributed by atoms with Gasteiger partial charge in [0.2, 0.25) is 0 Å². The molecular weight excluding hydrogens is 485 g/mol. The van der Waals surface area contributed by atoms with Crippen LogP contribution in [0.5, 0.6) is 23.0 Å². The normalized spacial score (nSPS) is 14.6. The quantitative estimate of drug-likeness (QED) is 0.292. The minimum atomic E-state index is -0.433. The number of nitrogens with zero attached hydrogens (tertiary/aromatic N) is 1. The van der Waals surface area contributed by atoms with Crippen LogP contribution in [0, 0.1) is 5.82 Å². The third kappa shape index (κ3) is 6.04. The minimum absolute atomic E-state index is 0.206. The van der Waals surface area contributed by atoms with Crippen molar-refractivity contribution in [3.63, 3.8) is 0 Å². The Morgan fingerprint density at radius 3 is 2.11 bits per heavy atom. The number of hydrogen-bond acceptors (Lipinski definition) is 5. The largest absolute Gasteiger partial charge is 0.490 e. The molecular formula is C31H36FNO5. The number of fused-ring (bicyclic) bond motifs is 1. The van der Waals surface area contributed by atoms with Crippen LogP contribution in [-0.2, 0) is 12.8 Å². The molecule has 0 fully saturated rings. The molecule has 0 N–H and O–H groups in total. The lowest BCUT2D eigenvalue weighted by molar-refractivity contribution is 0.0658. The number of carbonyl (C=O) groups is 1. The van der Waals surface area contributed by atoms with Gasteiger partial charge in [-0.15, -0.1) is 0 Å². The Hall–Kier alpha value is -3.74. The molecule has 0 bridgehead atoms. The predicted molar refractivity (Wildman–Crippen MR) is 145 cm³/mol. The van der Waals surface area contributed by atoms with Crippen molar-refractivity contribution in [2.45, 2.75) is 46.6 Å². The van der Waals surface area contributed by atoms with E-state index in [-0.39, 0.29) is 11.9 Å². The lowest BCUT2D eigenvalue weighted by atomic mass is 9.87.